The molecular formula is C21H30ClNO2. The Labute approximate surface area is 158 Å². The van der Waals surface area contributed by atoms with Crippen molar-refractivity contribution in [2.24, 2.45) is 5.92 Å². The number of likely N-dealkylation sites (tertiary alicyclic amines) is 1. The Morgan fingerprint density at radius 1 is 1.20 bits per heavy atom. The van der Waals surface area contributed by atoms with Crippen molar-refractivity contribution in [3.8, 4) is 0 Å². The van der Waals surface area contributed by atoms with Gasteiger partial charge in [0.2, 0.25) is 0 Å². The number of benzene rings is 1. The number of ether oxygens (including phenoxy) is 1. The van der Waals surface area contributed by atoms with Gasteiger partial charge in [0.05, 0.1) is 0 Å². The van der Waals surface area contributed by atoms with Crippen LogP contribution in [-0.2, 0) is 9.53 Å². The zero-order valence-corrected chi connectivity index (χ0v) is 16.5. The van der Waals surface area contributed by atoms with Crippen molar-refractivity contribution in [2.45, 2.75) is 52.8 Å². The van der Waals surface area contributed by atoms with Gasteiger partial charge >= 0.3 is 5.97 Å². The fraction of sp³-hybridized carbons (Fsp3) is 0.476. The van der Waals surface area contributed by atoms with Crippen LogP contribution in [0.15, 0.2) is 48.1 Å². The van der Waals surface area contributed by atoms with E-state index in [-0.39, 0.29) is 24.6 Å². The summed E-state index contributed by atoms with van der Waals surface area (Å²) in [4.78, 5) is 14.6. The fourth-order valence-corrected chi connectivity index (χ4v) is 3.05. The van der Waals surface area contributed by atoms with Crippen molar-refractivity contribution in [2.75, 3.05) is 6.54 Å². The number of rotatable bonds is 5. The second-order valence-electron chi connectivity index (χ2n) is 7.04. The lowest BCUT2D eigenvalue weighted by Gasteiger charge is -2.40. The van der Waals surface area contributed by atoms with Gasteiger partial charge < -0.3 is 4.74 Å². The molecule has 0 N–H and O–H groups in total. The monoisotopic (exact) mass is 363 g/mol. The first-order chi connectivity index (χ1) is 11.5. The van der Waals surface area contributed by atoms with E-state index in [1.54, 1.807) is 6.08 Å². The van der Waals surface area contributed by atoms with Gasteiger partial charge in [-0.2, -0.15) is 0 Å². The number of allylic oxidation sites excluding steroid dienone is 1. The van der Waals surface area contributed by atoms with Crippen molar-refractivity contribution in [3.63, 3.8) is 0 Å². The molecule has 0 amide bonds. The van der Waals surface area contributed by atoms with E-state index < -0.39 is 0 Å². The molecule has 0 aliphatic carbocycles. The van der Waals surface area contributed by atoms with Gasteiger partial charge in [-0.05, 0) is 57.2 Å². The largest absolute Gasteiger partial charge is 0.439 e. The molecule has 1 aromatic rings. The van der Waals surface area contributed by atoms with Gasteiger partial charge in [0.1, 0.15) is 0 Å². The van der Waals surface area contributed by atoms with Gasteiger partial charge in [-0.3, -0.25) is 4.90 Å². The summed E-state index contributed by atoms with van der Waals surface area (Å²) in [7, 11) is 0. The van der Waals surface area contributed by atoms with Gasteiger partial charge in [-0.15, -0.1) is 12.4 Å². The van der Waals surface area contributed by atoms with Gasteiger partial charge in [0, 0.05) is 18.7 Å². The van der Waals surface area contributed by atoms with E-state index in [4.69, 9.17) is 4.74 Å². The van der Waals surface area contributed by atoms with Crippen molar-refractivity contribution >= 4 is 24.5 Å². The molecule has 0 bridgehead atoms. The maximum Gasteiger partial charge on any atom is 0.332 e. The molecule has 1 heterocycles. The summed E-state index contributed by atoms with van der Waals surface area (Å²) in [5.41, 5.74) is 2.15. The molecule has 4 heteroatoms. The molecule has 1 saturated heterocycles. The molecule has 0 radical (unpaired) electrons. The number of carbonyl (C=O) groups excluding carboxylic acids is 1. The average Bonchev–Trinajstić information content (AvgIpc) is 2.55. The van der Waals surface area contributed by atoms with Crippen LogP contribution in [0.4, 0.5) is 0 Å². The first-order valence-corrected chi connectivity index (χ1v) is 8.80. The number of carbonyl (C=O) groups is 1. The summed E-state index contributed by atoms with van der Waals surface area (Å²) in [6, 6.07) is 10.2. The Kier molecular flexibility index (Phi) is 8.95. The van der Waals surface area contributed by atoms with Crippen LogP contribution < -0.4 is 0 Å². The average molecular weight is 364 g/mol. The topological polar surface area (TPSA) is 29.5 Å². The molecule has 3 atom stereocenters. The lowest BCUT2D eigenvalue weighted by molar-refractivity contribution is -0.152. The predicted octanol–water partition coefficient (Wildman–Crippen LogP) is 5.08. The summed E-state index contributed by atoms with van der Waals surface area (Å²) in [5, 5.41) is 0. The molecule has 3 unspecified atom stereocenters. The Hall–Kier alpha value is -1.58. The third-order valence-corrected chi connectivity index (χ3v) is 4.42. The SMILES string of the molecule is CC(C)=CC(OC(=O)/C=C\c1ccccc1)N1CC(C)CCC1C.Cl. The van der Waals surface area contributed by atoms with Crippen molar-refractivity contribution in [1.29, 1.82) is 0 Å². The molecule has 0 saturated carbocycles. The zero-order chi connectivity index (χ0) is 17.5. The highest BCUT2D eigenvalue weighted by molar-refractivity contribution is 5.87. The number of hydrogen-bond donors (Lipinski definition) is 0. The van der Waals surface area contributed by atoms with E-state index in [0.29, 0.717) is 12.0 Å². The summed E-state index contributed by atoms with van der Waals surface area (Å²) < 4.78 is 5.77. The molecule has 25 heavy (non-hydrogen) atoms. The van der Waals surface area contributed by atoms with E-state index in [2.05, 4.69) is 18.7 Å². The molecular weight excluding hydrogens is 334 g/mol. The summed E-state index contributed by atoms with van der Waals surface area (Å²) >= 11 is 0. The predicted molar refractivity (Wildman–Crippen MR) is 107 cm³/mol. The van der Waals surface area contributed by atoms with Crippen LogP contribution in [0.5, 0.6) is 0 Å². The molecule has 1 aliphatic heterocycles. The Morgan fingerprint density at radius 2 is 1.88 bits per heavy atom. The maximum atomic E-state index is 12.3. The molecule has 1 aromatic carbocycles. The number of hydrogen-bond acceptors (Lipinski definition) is 3. The third-order valence-electron chi connectivity index (χ3n) is 4.42. The highest BCUT2D eigenvalue weighted by atomic mass is 35.5. The highest BCUT2D eigenvalue weighted by Crippen LogP contribution is 2.25. The van der Waals surface area contributed by atoms with E-state index in [0.717, 1.165) is 24.1 Å². The number of esters is 1. The highest BCUT2D eigenvalue weighted by Gasteiger charge is 2.29. The van der Waals surface area contributed by atoms with Crippen molar-refractivity contribution in [3.05, 3.63) is 53.6 Å². The molecule has 2 rings (SSSR count). The quantitative estimate of drug-likeness (QED) is 0.415. The Morgan fingerprint density at radius 3 is 2.52 bits per heavy atom. The molecule has 0 aromatic heterocycles. The minimum atomic E-state index is -0.299. The molecule has 138 valence electrons. The van der Waals surface area contributed by atoms with Crippen LogP contribution in [-0.4, -0.2) is 29.7 Å². The minimum Gasteiger partial charge on any atom is -0.439 e. The normalized spacial score (nSPS) is 22.1. The molecule has 1 fully saturated rings. The van der Waals surface area contributed by atoms with Gasteiger partial charge in [0.15, 0.2) is 6.23 Å². The van der Waals surface area contributed by atoms with Crippen LogP contribution in [0.25, 0.3) is 6.08 Å². The summed E-state index contributed by atoms with van der Waals surface area (Å²) in [5.74, 6) is 0.333. The van der Waals surface area contributed by atoms with Crippen molar-refractivity contribution < 1.29 is 9.53 Å². The smallest absolute Gasteiger partial charge is 0.332 e. The molecule has 1 aliphatic rings. The summed E-state index contributed by atoms with van der Waals surface area (Å²) in [6.07, 6.45) is 7.44. The van der Waals surface area contributed by atoms with Crippen LogP contribution in [0.1, 0.15) is 46.1 Å². The minimum absolute atomic E-state index is 0. The van der Waals surface area contributed by atoms with Crippen LogP contribution >= 0.6 is 12.4 Å². The third kappa shape index (κ3) is 7.05. The van der Waals surface area contributed by atoms with E-state index in [1.165, 1.54) is 12.5 Å². The lowest BCUT2D eigenvalue weighted by atomic mass is 9.94. The lowest BCUT2D eigenvalue weighted by Crippen LogP contribution is -2.48. The fourth-order valence-electron chi connectivity index (χ4n) is 3.05. The van der Waals surface area contributed by atoms with Crippen LogP contribution in [0.2, 0.25) is 0 Å². The number of piperidine rings is 1. The first-order valence-electron chi connectivity index (χ1n) is 8.80. The summed E-state index contributed by atoms with van der Waals surface area (Å²) in [6.45, 7) is 9.52. The second kappa shape index (κ2) is 10.4. The molecule has 0 spiro atoms. The van der Waals surface area contributed by atoms with Gasteiger partial charge in [-0.25, -0.2) is 4.79 Å². The van der Waals surface area contributed by atoms with E-state index >= 15 is 0 Å². The second-order valence-corrected chi connectivity index (χ2v) is 7.04. The van der Waals surface area contributed by atoms with Gasteiger partial charge in [0.25, 0.3) is 0 Å². The molecule has 3 nitrogen and oxygen atoms in total. The van der Waals surface area contributed by atoms with E-state index in [1.807, 2.05) is 50.3 Å². The first kappa shape index (κ1) is 21.5. The van der Waals surface area contributed by atoms with Crippen LogP contribution in [0, 0.1) is 5.92 Å². The standard InChI is InChI=1S/C21H29NO2.ClH/c1-16(2)14-20(22-15-17(3)10-11-18(22)4)24-21(23)13-12-19-8-6-5-7-9-19;/h5-9,12-14,17-18,20H,10-11,15H2,1-4H3;1H/b13-12-;. The maximum absolute atomic E-state index is 12.3. The number of nitrogens with zero attached hydrogens (tertiary/aromatic N) is 1. The van der Waals surface area contributed by atoms with Crippen molar-refractivity contribution in [1.82, 2.24) is 4.90 Å². The zero-order valence-electron chi connectivity index (χ0n) is 15.6. The van der Waals surface area contributed by atoms with E-state index in [9.17, 15) is 4.79 Å². The van der Waals surface area contributed by atoms with Gasteiger partial charge in [-0.1, -0.05) is 42.8 Å². The Bertz CT molecular complexity index is 593. The Balaban J connectivity index is 0.00000312. The number of halogens is 1. The van der Waals surface area contributed by atoms with Crippen LogP contribution in [0.3, 0.4) is 0 Å².